The number of aromatic amines is 1. The van der Waals surface area contributed by atoms with E-state index in [9.17, 15) is 39.6 Å². The van der Waals surface area contributed by atoms with Crippen molar-refractivity contribution in [2.75, 3.05) is 0 Å². The molecule has 1 saturated heterocycles. The van der Waals surface area contributed by atoms with E-state index in [0.717, 1.165) is 5.57 Å². The van der Waals surface area contributed by atoms with Crippen LogP contribution in [0.4, 0.5) is 0 Å². The van der Waals surface area contributed by atoms with Gasteiger partial charge >= 0.3 is 11.9 Å². The fraction of sp³-hybridized carbons (Fsp3) is 0.600. The Bertz CT molecular complexity index is 1780. The number of ketones is 1. The number of aliphatic hydroxyl groups excluding tert-OH is 2. The highest BCUT2D eigenvalue weighted by molar-refractivity contribution is 6.18. The maximum Gasteiger partial charge on any atom is 0.342 e. The number of H-pyrrole nitrogens is 1. The van der Waals surface area contributed by atoms with Gasteiger partial charge < -0.3 is 40.2 Å². The first-order chi connectivity index (χ1) is 27.1. The summed E-state index contributed by atoms with van der Waals surface area (Å²) in [5.41, 5.74) is -0.215. The minimum atomic E-state index is -1.50. The maximum atomic E-state index is 14.7. The quantitative estimate of drug-likeness (QED) is 0.120. The second-order valence-electron chi connectivity index (χ2n) is 16.6. The predicted octanol–water partition coefficient (Wildman–Crippen LogP) is 7.31. The molecule has 0 bridgehead atoms. The molecule has 1 aromatic heterocycles. The van der Waals surface area contributed by atoms with Gasteiger partial charge in [-0.25, -0.2) is 9.59 Å². The van der Waals surface area contributed by atoms with Crippen molar-refractivity contribution >= 4 is 23.6 Å². The molecular weight excluding hydrogens is 728 g/mol. The number of rotatable bonds is 7. The second-order valence-corrected chi connectivity index (χ2v) is 16.6. The minimum absolute atomic E-state index is 0.0587. The zero-order valence-corrected chi connectivity index (χ0v) is 34.3. The Kier molecular flexibility index (Phi) is 14.3. The van der Waals surface area contributed by atoms with Crippen LogP contribution in [0, 0.1) is 46.8 Å². The normalized spacial score (nSPS) is 39.7. The Hall–Kier alpha value is -4.26. The van der Waals surface area contributed by atoms with Crippen molar-refractivity contribution in [2.45, 2.75) is 124 Å². The molecule has 1 saturated carbocycles. The molecule has 0 aromatic carbocycles. The van der Waals surface area contributed by atoms with Crippen LogP contribution in [0.3, 0.4) is 0 Å². The lowest BCUT2D eigenvalue weighted by Crippen LogP contribution is -2.57. The van der Waals surface area contributed by atoms with Crippen LogP contribution in [0.25, 0.3) is 0 Å². The lowest BCUT2D eigenvalue weighted by Gasteiger charge is -2.49. The minimum Gasteiger partial charge on any atom is -0.511 e. The maximum absolute atomic E-state index is 14.7. The third-order valence-corrected chi connectivity index (χ3v) is 12.9. The highest BCUT2D eigenvalue weighted by Crippen LogP contribution is 2.52. The number of carbonyl (C=O) groups excluding carboxylic acids is 2. The van der Waals surface area contributed by atoms with Crippen LogP contribution in [-0.4, -0.2) is 79.7 Å². The highest BCUT2D eigenvalue weighted by Gasteiger charge is 2.51. The van der Waals surface area contributed by atoms with E-state index in [1.165, 1.54) is 0 Å². The molecule has 6 rings (SSSR count). The molecule has 2 fully saturated rings. The van der Waals surface area contributed by atoms with E-state index in [4.69, 9.17) is 9.47 Å². The number of fused-ring (bicyclic) bond motifs is 4. The van der Waals surface area contributed by atoms with Crippen LogP contribution in [-0.2, 0) is 23.9 Å². The third kappa shape index (κ3) is 9.23. The van der Waals surface area contributed by atoms with Crippen LogP contribution in [0.5, 0.6) is 0 Å². The van der Waals surface area contributed by atoms with E-state index in [1.54, 1.807) is 38.3 Å². The van der Waals surface area contributed by atoms with E-state index in [1.807, 2.05) is 52.0 Å². The number of carbonyl (C=O) groups is 4. The fourth-order valence-electron chi connectivity index (χ4n) is 10.1. The first kappa shape index (κ1) is 43.9. The van der Waals surface area contributed by atoms with E-state index >= 15 is 0 Å². The van der Waals surface area contributed by atoms with Gasteiger partial charge in [-0.3, -0.25) is 9.59 Å². The molecule has 6 N–H and O–H groups in total. The Morgan fingerprint density at radius 1 is 1.05 bits per heavy atom. The molecule has 13 atom stereocenters. The number of hydrogen-bond donors (Lipinski definition) is 6. The number of amides is 1. The van der Waals surface area contributed by atoms with Gasteiger partial charge in [-0.05, 0) is 88.2 Å². The second kappa shape index (κ2) is 18.6. The van der Waals surface area contributed by atoms with Gasteiger partial charge in [0.25, 0.3) is 5.91 Å². The summed E-state index contributed by atoms with van der Waals surface area (Å²) in [5.74, 6) is -6.87. The van der Waals surface area contributed by atoms with Gasteiger partial charge in [-0.2, -0.15) is 0 Å². The van der Waals surface area contributed by atoms with Crippen LogP contribution >= 0.6 is 0 Å². The molecule has 312 valence electrons. The van der Waals surface area contributed by atoms with Crippen molar-refractivity contribution in [2.24, 2.45) is 46.8 Å². The van der Waals surface area contributed by atoms with Crippen LogP contribution < -0.4 is 5.32 Å². The van der Waals surface area contributed by atoms with Crippen LogP contribution in [0.15, 0.2) is 77.3 Å². The monoisotopic (exact) mass is 790 g/mol. The number of allylic oxidation sites excluding steroid dienone is 7. The van der Waals surface area contributed by atoms with Crippen LogP contribution in [0.2, 0.25) is 0 Å². The molecule has 2 heterocycles. The van der Waals surface area contributed by atoms with Crippen LogP contribution in [0.1, 0.15) is 104 Å². The average Bonchev–Trinajstić information content (AvgIpc) is 3.71. The van der Waals surface area contributed by atoms with Crippen molar-refractivity contribution in [3.8, 4) is 0 Å². The van der Waals surface area contributed by atoms with E-state index < -0.39 is 82.9 Å². The number of carboxylic acid groups (broad SMARTS) is 2. The zero-order chi connectivity index (χ0) is 41.8. The lowest BCUT2D eigenvalue weighted by molar-refractivity contribution is -0.256. The Morgan fingerprint density at radius 2 is 1.79 bits per heavy atom. The molecule has 1 aliphatic heterocycles. The standard InChI is InChI=1S/C43H56N2O10.C2H6/c1-6-25-18-30-37(47)35(42(52)53)38(48)34-26(11-8-7-10-22(2)20-43(30,5)21-29(25)41(50)51)14-16-28-27(34)15-13-23(3)39(28)55-33-19-32(46)36(24(4)54-33)45-40(49)31-12-9-17-44-31;1-2/h7-9,12,14,16-17,20-21,23-28,30,32-34,36,39,44,46,48H,6,10-11,13,15,18-19H2,1-5H3,(H,45,49)(H,50,51)(H,52,53);1-2H3/b8-7+,22-20+,38-35-;/t23-,24?,25?,26?,27?,28?,30?,32?,33?,34?,36?,39-,43-;/m0./s1. The molecule has 57 heavy (non-hydrogen) atoms. The van der Waals surface area contributed by atoms with Gasteiger partial charge in [0.15, 0.2) is 12.1 Å². The number of nitrogens with one attached hydrogen (secondary N) is 2. The summed E-state index contributed by atoms with van der Waals surface area (Å²) in [6.45, 7) is 13.4. The largest absolute Gasteiger partial charge is 0.511 e. The number of aliphatic carboxylic acids is 2. The highest BCUT2D eigenvalue weighted by atomic mass is 16.7. The van der Waals surface area contributed by atoms with Crippen molar-refractivity contribution in [1.29, 1.82) is 0 Å². The summed E-state index contributed by atoms with van der Waals surface area (Å²) in [5, 5.41) is 47.1. The van der Waals surface area contributed by atoms with Crippen molar-refractivity contribution in [3.63, 3.8) is 0 Å². The summed E-state index contributed by atoms with van der Waals surface area (Å²) < 4.78 is 12.9. The zero-order valence-electron chi connectivity index (χ0n) is 34.3. The Balaban J connectivity index is 0.00000305. The van der Waals surface area contributed by atoms with Gasteiger partial charge in [-0.15, -0.1) is 0 Å². The summed E-state index contributed by atoms with van der Waals surface area (Å²) in [4.78, 5) is 55.8. The van der Waals surface area contributed by atoms with Gasteiger partial charge in [0, 0.05) is 41.4 Å². The smallest absolute Gasteiger partial charge is 0.342 e. The average molecular weight is 791 g/mol. The number of carboxylic acids is 2. The van der Waals surface area contributed by atoms with E-state index in [2.05, 4.69) is 23.3 Å². The van der Waals surface area contributed by atoms with Gasteiger partial charge in [-0.1, -0.05) is 76.6 Å². The van der Waals surface area contributed by atoms with Crippen molar-refractivity contribution < 1.29 is 49.1 Å². The van der Waals surface area contributed by atoms with E-state index in [0.29, 0.717) is 37.8 Å². The molecule has 1 amide bonds. The molecule has 0 radical (unpaired) electrons. The fourth-order valence-corrected chi connectivity index (χ4v) is 10.1. The molecule has 5 aliphatic rings. The van der Waals surface area contributed by atoms with Gasteiger partial charge in [0.05, 0.1) is 24.4 Å². The number of Topliss-reactive ketones (excluding diaryl/α,β-unsaturated/α-hetero) is 1. The van der Waals surface area contributed by atoms with Crippen molar-refractivity contribution in [1.82, 2.24) is 10.3 Å². The Morgan fingerprint density at radius 3 is 2.42 bits per heavy atom. The number of ether oxygens (including phenoxy) is 2. The number of aliphatic hydroxyl groups is 2. The summed E-state index contributed by atoms with van der Waals surface area (Å²) >= 11 is 0. The van der Waals surface area contributed by atoms with Crippen molar-refractivity contribution in [3.05, 3.63) is 83.0 Å². The molecule has 10 unspecified atom stereocenters. The molecule has 0 spiro atoms. The topological polar surface area (TPSA) is 195 Å². The first-order valence-electron chi connectivity index (χ1n) is 20.7. The van der Waals surface area contributed by atoms with E-state index in [-0.39, 0.29) is 48.0 Å². The molecule has 1 aromatic rings. The SMILES string of the molecule is CC.CCC1CC2C(=O)/C(C(=O)O)=C(/O)C3C(C=CC4C3CC[C@H](C)[C@@H]4OC3CC(O)C(NC(=O)c4ccc[nH]4)C(C)O3)C/C=C/C/C(C)=C/[C@@]2(C)C=C1C(=O)O. The molecule has 12 heteroatoms. The van der Waals surface area contributed by atoms with Gasteiger partial charge in [0.2, 0.25) is 0 Å². The Labute approximate surface area is 336 Å². The molecule has 4 aliphatic carbocycles. The summed E-state index contributed by atoms with van der Waals surface area (Å²) in [7, 11) is 0. The third-order valence-electron chi connectivity index (χ3n) is 12.9. The number of aromatic nitrogens is 1. The molecular formula is C45H62N2O10. The van der Waals surface area contributed by atoms with Gasteiger partial charge in [0.1, 0.15) is 17.0 Å². The number of hydrogen-bond acceptors (Lipinski definition) is 8. The summed E-state index contributed by atoms with van der Waals surface area (Å²) in [6, 6.07) is 2.71. The summed E-state index contributed by atoms with van der Waals surface area (Å²) in [6.07, 6.45) is 13.8. The lowest BCUT2D eigenvalue weighted by atomic mass is 9.59. The predicted molar refractivity (Wildman–Crippen MR) is 215 cm³/mol. The molecule has 12 nitrogen and oxygen atoms in total. The first-order valence-corrected chi connectivity index (χ1v) is 20.7.